The standard InChI is InChI=1S/C30H32N4O5/c1-18-19(2)34(37)27(33(18)17-20-12-8-7-9-13-20)24(25-28(35)38-30(3,4)39-29(25)36)22-16-21-14-10-11-15-23(21)31-26(22)32(5)6/h7-16,24-25H,17H2,1-6H3/t24-/m0/s1. The molecule has 202 valence electrons. The number of hydrogen-bond acceptors (Lipinski definition) is 7. The third-order valence-corrected chi connectivity index (χ3v) is 7.20. The molecule has 3 heterocycles. The van der Waals surface area contributed by atoms with Crippen molar-refractivity contribution in [1.82, 2.24) is 9.55 Å². The molecular formula is C30H32N4O5. The number of pyridine rings is 1. The summed E-state index contributed by atoms with van der Waals surface area (Å²) in [5.41, 5.74) is 3.47. The fourth-order valence-electron chi connectivity index (χ4n) is 5.23. The molecule has 1 aliphatic rings. The molecule has 2 aromatic heterocycles. The summed E-state index contributed by atoms with van der Waals surface area (Å²) in [6.07, 6.45) is 0. The van der Waals surface area contributed by atoms with E-state index in [0.717, 1.165) is 26.9 Å². The van der Waals surface area contributed by atoms with E-state index in [1.54, 1.807) is 6.92 Å². The number of esters is 2. The van der Waals surface area contributed by atoms with Gasteiger partial charge < -0.3 is 19.6 Å². The summed E-state index contributed by atoms with van der Waals surface area (Å²) in [5, 5.41) is 14.7. The number of carbonyl (C=O) groups excluding carboxylic acids is 2. The third-order valence-electron chi connectivity index (χ3n) is 7.20. The van der Waals surface area contributed by atoms with Gasteiger partial charge in [0.05, 0.1) is 5.52 Å². The number of benzene rings is 2. The Hall–Kier alpha value is -4.40. The quantitative estimate of drug-likeness (QED) is 0.161. The third kappa shape index (κ3) is 4.69. The molecule has 2 aromatic carbocycles. The van der Waals surface area contributed by atoms with Gasteiger partial charge in [-0.15, -0.1) is 0 Å². The predicted octanol–water partition coefficient (Wildman–Crippen LogP) is 3.99. The van der Waals surface area contributed by atoms with Crippen LogP contribution in [0.3, 0.4) is 0 Å². The Morgan fingerprint density at radius 3 is 2.28 bits per heavy atom. The largest absolute Gasteiger partial charge is 0.711 e. The number of cyclic esters (lactones) is 2. The fraction of sp³-hybridized carbons (Fsp3) is 0.333. The molecule has 0 unspecified atom stereocenters. The number of anilines is 1. The molecule has 0 spiro atoms. The molecule has 9 nitrogen and oxygen atoms in total. The highest BCUT2D eigenvalue weighted by Crippen LogP contribution is 2.42. The highest BCUT2D eigenvalue weighted by atomic mass is 16.7. The summed E-state index contributed by atoms with van der Waals surface area (Å²) in [7, 11) is 3.67. The molecule has 1 aliphatic heterocycles. The number of ether oxygens (including phenoxy) is 2. The molecule has 9 heteroatoms. The van der Waals surface area contributed by atoms with Crippen LogP contribution in [0.4, 0.5) is 5.82 Å². The van der Waals surface area contributed by atoms with Gasteiger partial charge in [0.15, 0.2) is 5.92 Å². The van der Waals surface area contributed by atoms with Gasteiger partial charge in [-0.05, 0) is 17.7 Å². The van der Waals surface area contributed by atoms with Gasteiger partial charge in [-0.1, -0.05) is 48.5 Å². The van der Waals surface area contributed by atoms with E-state index in [2.05, 4.69) is 0 Å². The maximum absolute atomic E-state index is 13.9. The van der Waals surface area contributed by atoms with Crippen molar-refractivity contribution in [2.75, 3.05) is 19.0 Å². The van der Waals surface area contributed by atoms with Gasteiger partial charge in [0, 0.05) is 52.7 Å². The Morgan fingerprint density at radius 2 is 1.64 bits per heavy atom. The molecule has 0 aliphatic carbocycles. The molecule has 0 N–H and O–H groups in total. The van der Waals surface area contributed by atoms with Gasteiger partial charge in [-0.3, -0.25) is 9.59 Å². The molecule has 39 heavy (non-hydrogen) atoms. The number of carbonyl (C=O) groups is 2. The zero-order chi connectivity index (χ0) is 28.1. The number of rotatable bonds is 6. The SMILES string of the molecule is Cc1c(C)[n+]([O-])c([C@@H](c2cc3ccccc3nc2N(C)C)C2C(=O)OC(C)(C)OC2=O)n1Cc1ccccc1. The first-order valence-electron chi connectivity index (χ1n) is 12.8. The summed E-state index contributed by atoms with van der Waals surface area (Å²) < 4.78 is 13.8. The lowest BCUT2D eigenvalue weighted by atomic mass is 9.83. The predicted molar refractivity (Wildman–Crippen MR) is 146 cm³/mol. The van der Waals surface area contributed by atoms with Crippen LogP contribution in [0.2, 0.25) is 0 Å². The average Bonchev–Trinajstić information content (AvgIpc) is 3.08. The lowest BCUT2D eigenvalue weighted by molar-refractivity contribution is -0.621. The number of hydrogen-bond donors (Lipinski definition) is 0. The normalized spacial score (nSPS) is 16.2. The second-order valence-corrected chi connectivity index (χ2v) is 10.6. The van der Waals surface area contributed by atoms with Gasteiger partial charge in [0.25, 0.3) is 11.6 Å². The minimum Gasteiger partial charge on any atom is -0.711 e. The topological polar surface area (TPSA) is 101 Å². The van der Waals surface area contributed by atoms with E-state index in [1.807, 2.05) is 91.1 Å². The van der Waals surface area contributed by atoms with Crippen molar-refractivity contribution in [3.63, 3.8) is 0 Å². The number of nitrogens with zero attached hydrogens (tertiary/aromatic N) is 4. The van der Waals surface area contributed by atoms with E-state index >= 15 is 0 Å². The summed E-state index contributed by atoms with van der Waals surface area (Å²) in [5.74, 6) is -4.58. The summed E-state index contributed by atoms with van der Waals surface area (Å²) in [4.78, 5) is 33.8. The van der Waals surface area contributed by atoms with E-state index in [0.29, 0.717) is 23.6 Å². The van der Waals surface area contributed by atoms with Crippen molar-refractivity contribution >= 4 is 28.7 Å². The number of imidazole rings is 1. The molecule has 5 rings (SSSR count). The van der Waals surface area contributed by atoms with Gasteiger partial charge in [0.1, 0.15) is 29.7 Å². The molecule has 1 saturated heterocycles. The van der Waals surface area contributed by atoms with Crippen molar-refractivity contribution in [1.29, 1.82) is 0 Å². The number of fused-ring (bicyclic) bond motifs is 1. The van der Waals surface area contributed by atoms with Gasteiger partial charge in [-0.2, -0.15) is 0 Å². The number of para-hydroxylation sites is 1. The minimum absolute atomic E-state index is 0.243. The van der Waals surface area contributed by atoms with Gasteiger partial charge in [0.2, 0.25) is 0 Å². The van der Waals surface area contributed by atoms with Crippen LogP contribution in [0, 0.1) is 25.0 Å². The smallest absolute Gasteiger partial charge is 0.324 e. The first-order valence-corrected chi connectivity index (χ1v) is 12.8. The zero-order valence-electron chi connectivity index (χ0n) is 23.0. The molecule has 4 aromatic rings. The van der Waals surface area contributed by atoms with Gasteiger partial charge >= 0.3 is 11.9 Å². The Bertz CT molecular complexity index is 1560. The molecule has 1 atom stereocenters. The van der Waals surface area contributed by atoms with Crippen molar-refractivity contribution in [2.45, 2.75) is 45.9 Å². The average molecular weight is 529 g/mol. The monoisotopic (exact) mass is 528 g/mol. The maximum atomic E-state index is 13.9. The lowest BCUT2D eigenvalue weighted by Crippen LogP contribution is -2.50. The van der Waals surface area contributed by atoms with Crippen LogP contribution >= 0.6 is 0 Å². The summed E-state index contributed by atoms with van der Waals surface area (Å²) in [6.45, 7) is 6.99. The van der Waals surface area contributed by atoms with E-state index in [4.69, 9.17) is 14.5 Å². The first-order chi connectivity index (χ1) is 18.5. The van der Waals surface area contributed by atoms with Crippen LogP contribution in [0.5, 0.6) is 0 Å². The Labute approximate surface area is 227 Å². The van der Waals surface area contributed by atoms with Crippen LogP contribution in [0.1, 0.15) is 48.1 Å². The van der Waals surface area contributed by atoms with Crippen molar-refractivity contribution in [2.24, 2.45) is 5.92 Å². The molecule has 0 bridgehead atoms. The second kappa shape index (κ2) is 9.72. The van der Waals surface area contributed by atoms with Crippen LogP contribution < -0.4 is 9.63 Å². The van der Waals surface area contributed by atoms with E-state index < -0.39 is 29.6 Å². The summed E-state index contributed by atoms with van der Waals surface area (Å²) >= 11 is 0. The molecule has 0 radical (unpaired) electrons. The van der Waals surface area contributed by atoms with E-state index in [1.165, 1.54) is 13.8 Å². The fourth-order valence-corrected chi connectivity index (χ4v) is 5.23. The molecule has 0 saturated carbocycles. The molecule has 0 amide bonds. The van der Waals surface area contributed by atoms with Crippen LogP contribution in [0.25, 0.3) is 10.9 Å². The Kier molecular flexibility index (Phi) is 6.54. The second-order valence-electron chi connectivity index (χ2n) is 10.6. The number of aromatic nitrogens is 3. The highest BCUT2D eigenvalue weighted by molar-refractivity contribution is 5.98. The van der Waals surface area contributed by atoms with E-state index in [9.17, 15) is 14.8 Å². The van der Waals surface area contributed by atoms with Crippen LogP contribution in [0.15, 0.2) is 60.7 Å². The Morgan fingerprint density at radius 1 is 1.03 bits per heavy atom. The molecule has 1 fully saturated rings. The van der Waals surface area contributed by atoms with Crippen molar-refractivity contribution in [3.05, 3.63) is 94.2 Å². The lowest BCUT2D eigenvalue weighted by Gasteiger charge is -2.36. The van der Waals surface area contributed by atoms with E-state index in [-0.39, 0.29) is 5.82 Å². The first kappa shape index (κ1) is 26.2. The Balaban J connectivity index is 1.82. The minimum atomic E-state index is -1.41. The molecular weight excluding hydrogens is 496 g/mol. The van der Waals surface area contributed by atoms with Crippen molar-refractivity contribution < 1.29 is 23.8 Å². The summed E-state index contributed by atoms with van der Waals surface area (Å²) in [6, 6.07) is 19.2. The van der Waals surface area contributed by atoms with Crippen molar-refractivity contribution in [3.8, 4) is 0 Å². The zero-order valence-corrected chi connectivity index (χ0v) is 23.0. The van der Waals surface area contributed by atoms with Crippen LogP contribution in [-0.4, -0.2) is 41.4 Å². The maximum Gasteiger partial charge on any atom is 0.324 e. The highest BCUT2D eigenvalue weighted by Gasteiger charge is 2.53. The van der Waals surface area contributed by atoms with Crippen LogP contribution in [-0.2, 0) is 25.6 Å². The van der Waals surface area contributed by atoms with Gasteiger partial charge in [-0.25, -0.2) is 14.3 Å².